The summed E-state index contributed by atoms with van der Waals surface area (Å²) in [5.74, 6) is 1.22. The quantitative estimate of drug-likeness (QED) is 0.897. The Morgan fingerprint density at radius 1 is 1.15 bits per heavy atom. The number of carbonyl (C=O) groups excluding carboxylic acids is 1. The van der Waals surface area contributed by atoms with Gasteiger partial charge in [-0.1, -0.05) is 29.3 Å². The molecule has 0 radical (unpaired) electrons. The van der Waals surface area contributed by atoms with Gasteiger partial charge in [0, 0.05) is 5.69 Å². The van der Waals surface area contributed by atoms with Crippen molar-refractivity contribution in [2.24, 2.45) is 0 Å². The molecule has 0 bridgehead atoms. The highest BCUT2D eigenvalue weighted by Gasteiger charge is 2.07. The lowest BCUT2D eigenvalue weighted by molar-refractivity contribution is 0.187. The zero-order valence-electron chi connectivity index (χ0n) is 11.1. The topological polar surface area (TPSA) is 47.6 Å². The van der Waals surface area contributed by atoms with Gasteiger partial charge < -0.3 is 9.47 Å². The van der Waals surface area contributed by atoms with Gasteiger partial charge in [-0.3, -0.25) is 5.32 Å². The number of anilines is 1. The van der Waals surface area contributed by atoms with Crippen molar-refractivity contribution in [3.63, 3.8) is 0 Å². The summed E-state index contributed by atoms with van der Waals surface area (Å²) in [5, 5.41) is 2.93. The summed E-state index contributed by atoms with van der Waals surface area (Å²) in [5.41, 5.74) is 1.69. The normalized spacial score (nSPS) is 9.95. The molecule has 2 aromatic carbocycles. The molecule has 20 heavy (non-hydrogen) atoms. The second kappa shape index (κ2) is 6.30. The summed E-state index contributed by atoms with van der Waals surface area (Å²) >= 11 is 6.12. The van der Waals surface area contributed by atoms with Crippen molar-refractivity contribution in [1.82, 2.24) is 0 Å². The van der Waals surface area contributed by atoms with Crippen molar-refractivity contribution in [3.8, 4) is 11.5 Å². The van der Waals surface area contributed by atoms with Gasteiger partial charge in [-0.2, -0.15) is 0 Å². The summed E-state index contributed by atoms with van der Waals surface area (Å²) in [6.07, 6.45) is -0.548. The molecule has 0 atom stereocenters. The molecule has 0 saturated carbocycles. The zero-order chi connectivity index (χ0) is 14.5. The number of hydrogen-bond acceptors (Lipinski definition) is 3. The average Bonchev–Trinajstić information content (AvgIpc) is 2.44. The van der Waals surface area contributed by atoms with Crippen LogP contribution >= 0.6 is 11.6 Å². The zero-order valence-corrected chi connectivity index (χ0v) is 11.9. The first kappa shape index (κ1) is 14.2. The van der Waals surface area contributed by atoms with E-state index in [0.717, 1.165) is 5.56 Å². The first-order valence-corrected chi connectivity index (χ1v) is 6.35. The van der Waals surface area contributed by atoms with Gasteiger partial charge in [-0.05, 0) is 37.3 Å². The Kier molecular flexibility index (Phi) is 4.48. The number of ether oxygens (including phenoxy) is 2. The number of nitrogens with one attached hydrogen (secondary N) is 1. The highest BCUT2D eigenvalue weighted by molar-refractivity contribution is 6.32. The predicted octanol–water partition coefficient (Wildman–Crippen LogP) is 4.62. The third-order valence-electron chi connectivity index (χ3n) is 2.61. The van der Waals surface area contributed by atoms with Crippen LogP contribution in [0.4, 0.5) is 10.5 Å². The van der Waals surface area contributed by atoms with Gasteiger partial charge in [0.15, 0.2) is 0 Å². The van der Waals surface area contributed by atoms with Crippen LogP contribution in [0.25, 0.3) is 0 Å². The van der Waals surface area contributed by atoms with E-state index in [9.17, 15) is 4.79 Å². The number of carbonyl (C=O) groups is 1. The molecule has 0 aromatic heterocycles. The molecule has 5 heteroatoms. The number of amides is 1. The fraction of sp³-hybridized carbons (Fsp3) is 0.133. The van der Waals surface area contributed by atoms with Crippen LogP contribution in [0, 0.1) is 6.92 Å². The Bertz CT molecular complexity index is 611. The van der Waals surface area contributed by atoms with Gasteiger partial charge in [0.2, 0.25) is 0 Å². The monoisotopic (exact) mass is 291 g/mol. The van der Waals surface area contributed by atoms with Crippen LogP contribution < -0.4 is 10.1 Å². The maximum atomic E-state index is 11.1. The molecule has 0 saturated heterocycles. The number of methoxy groups -OCH3 is 1. The fourth-order valence-electron chi connectivity index (χ4n) is 1.56. The molecular weight excluding hydrogens is 278 g/mol. The van der Waals surface area contributed by atoms with Crippen LogP contribution in [-0.2, 0) is 4.74 Å². The third-order valence-corrected chi connectivity index (χ3v) is 2.91. The number of hydrogen-bond donors (Lipinski definition) is 1. The van der Waals surface area contributed by atoms with E-state index in [0.29, 0.717) is 22.2 Å². The average molecular weight is 292 g/mol. The maximum absolute atomic E-state index is 11.1. The number of benzene rings is 2. The second-order valence-corrected chi connectivity index (χ2v) is 4.58. The van der Waals surface area contributed by atoms with Crippen LogP contribution in [0.2, 0.25) is 5.02 Å². The van der Waals surface area contributed by atoms with Crippen molar-refractivity contribution >= 4 is 23.4 Å². The molecule has 2 aromatic rings. The first-order valence-electron chi connectivity index (χ1n) is 5.97. The molecule has 0 aliphatic heterocycles. The van der Waals surface area contributed by atoms with Crippen molar-refractivity contribution < 1.29 is 14.3 Å². The fourth-order valence-corrected chi connectivity index (χ4v) is 1.78. The summed E-state index contributed by atoms with van der Waals surface area (Å²) in [6, 6.07) is 12.6. The lowest BCUT2D eigenvalue weighted by Gasteiger charge is -2.10. The van der Waals surface area contributed by atoms with Crippen LogP contribution in [0.1, 0.15) is 5.56 Å². The highest BCUT2D eigenvalue weighted by atomic mass is 35.5. The predicted molar refractivity (Wildman–Crippen MR) is 78.7 cm³/mol. The van der Waals surface area contributed by atoms with Crippen molar-refractivity contribution in [1.29, 1.82) is 0 Å². The van der Waals surface area contributed by atoms with Crippen molar-refractivity contribution in [2.75, 3.05) is 12.4 Å². The standard InChI is InChI=1S/C15H14ClNO3/c1-10-3-6-12(7-4-10)20-14-8-5-11(9-13(14)16)17-15(18)19-2/h3-9H,1-2H3,(H,17,18). The molecule has 0 heterocycles. The van der Waals surface area contributed by atoms with Gasteiger partial charge in [0.1, 0.15) is 11.5 Å². The summed E-state index contributed by atoms with van der Waals surface area (Å²) in [6.45, 7) is 2.00. The van der Waals surface area contributed by atoms with E-state index in [-0.39, 0.29) is 0 Å². The highest BCUT2D eigenvalue weighted by Crippen LogP contribution is 2.31. The van der Waals surface area contributed by atoms with E-state index in [1.807, 2.05) is 31.2 Å². The van der Waals surface area contributed by atoms with Gasteiger partial charge in [0.05, 0.1) is 12.1 Å². The van der Waals surface area contributed by atoms with Gasteiger partial charge in [-0.25, -0.2) is 4.79 Å². The second-order valence-electron chi connectivity index (χ2n) is 4.18. The molecular formula is C15H14ClNO3. The SMILES string of the molecule is COC(=O)Nc1ccc(Oc2ccc(C)cc2)c(Cl)c1. The Morgan fingerprint density at radius 2 is 1.85 bits per heavy atom. The van der Waals surface area contributed by atoms with E-state index in [2.05, 4.69) is 10.1 Å². The van der Waals surface area contributed by atoms with Crippen molar-refractivity contribution in [2.45, 2.75) is 6.92 Å². The molecule has 0 spiro atoms. The van der Waals surface area contributed by atoms with E-state index in [1.165, 1.54) is 7.11 Å². The summed E-state index contributed by atoms with van der Waals surface area (Å²) in [7, 11) is 1.30. The van der Waals surface area contributed by atoms with Crippen LogP contribution in [0.15, 0.2) is 42.5 Å². The number of aryl methyl sites for hydroxylation is 1. The van der Waals surface area contributed by atoms with Crippen LogP contribution in [-0.4, -0.2) is 13.2 Å². The molecule has 1 N–H and O–H groups in total. The van der Waals surface area contributed by atoms with Crippen LogP contribution in [0.5, 0.6) is 11.5 Å². The lowest BCUT2D eigenvalue weighted by atomic mass is 10.2. The molecule has 2 rings (SSSR count). The molecule has 1 amide bonds. The summed E-state index contributed by atoms with van der Waals surface area (Å²) < 4.78 is 10.2. The summed E-state index contributed by atoms with van der Waals surface area (Å²) in [4.78, 5) is 11.1. The molecule has 0 fully saturated rings. The van der Waals surface area contributed by atoms with Crippen LogP contribution in [0.3, 0.4) is 0 Å². The third kappa shape index (κ3) is 3.65. The molecule has 104 valence electrons. The molecule has 0 aliphatic rings. The largest absolute Gasteiger partial charge is 0.456 e. The Morgan fingerprint density at radius 3 is 2.45 bits per heavy atom. The number of halogens is 1. The minimum Gasteiger partial charge on any atom is -0.456 e. The van der Waals surface area contributed by atoms with Gasteiger partial charge in [-0.15, -0.1) is 0 Å². The Labute approximate surface area is 122 Å². The minimum atomic E-state index is -0.548. The molecule has 0 unspecified atom stereocenters. The minimum absolute atomic E-state index is 0.402. The first-order chi connectivity index (χ1) is 9.58. The van der Waals surface area contributed by atoms with E-state index in [4.69, 9.17) is 16.3 Å². The van der Waals surface area contributed by atoms with Gasteiger partial charge >= 0.3 is 6.09 Å². The lowest BCUT2D eigenvalue weighted by Crippen LogP contribution is -2.10. The van der Waals surface area contributed by atoms with E-state index in [1.54, 1.807) is 18.2 Å². The smallest absolute Gasteiger partial charge is 0.411 e. The van der Waals surface area contributed by atoms with E-state index >= 15 is 0 Å². The number of rotatable bonds is 3. The maximum Gasteiger partial charge on any atom is 0.411 e. The van der Waals surface area contributed by atoms with Gasteiger partial charge in [0.25, 0.3) is 0 Å². The Hall–Kier alpha value is -2.20. The van der Waals surface area contributed by atoms with Crippen molar-refractivity contribution in [3.05, 3.63) is 53.1 Å². The Balaban J connectivity index is 2.13. The molecule has 0 aliphatic carbocycles. The molecule has 4 nitrogen and oxygen atoms in total. The van der Waals surface area contributed by atoms with E-state index < -0.39 is 6.09 Å².